The molecule has 0 aromatic heterocycles. The van der Waals surface area contributed by atoms with Crippen LogP contribution in [0, 0.1) is 5.82 Å². The lowest BCUT2D eigenvalue weighted by molar-refractivity contribution is 0.0914. The molecule has 0 bridgehead atoms. The van der Waals surface area contributed by atoms with Crippen molar-refractivity contribution in [1.29, 1.82) is 0 Å². The molecule has 0 aliphatic rings. The molecule has 0 saturated heterocycles. The van der Waals surface area contributed by atoms with Gasteiger partial charge in [-0.25, -0.2) is 4.39 Å². The smallest absolute Gasteiger partial charge is 0.251 e. The molecule has 88 valence electrons. The normalized spacial score (nSPS) is 12.2. The number of halogens is 2. The Morgan fingerprint density at radius 2 is 2.31 bits per heavy atom. The third kappa shape index (κ3) is 3.28. The van der Waals surface area contributed by atoms with Crippen molar-refractivity contribution in [2.45, 2.75) is 19.4 Å². The summed E-state index contributed by atoms with van der Waals surface area (Å²) in [5.41, 5.74) is 0.243. The Kier molecular flexibility index (Phi) is 4.89. The third-order valence-electron chi connectivity index (χ3n) is 2.23. The molecule has 1 rings (SSSR count). The van der Waals surface area contributed by atoms with Gasteiger partial charge in [-0.2, -0.15) is 0 Å². The van der Waals surface area contributed by atoms with Gasteiger partial charge >= 0.3 is 0 Å². The van der Waals surface area contributed by atoms with Crippen LogP contribution in [0.5, 0.6) is 0 Å². The summed E-state index contributed by atoms with van der Waals surface area (Å²) < 4.78 is 13.5. The van der Waals surface area contributed by atoms with Crippen LogP contribution in [-0.4, -0.2) is 23.7 Å². The topological polar surface area (TPSA) is 49.3 Å². The molecule has 5 heteroatoms. The molecule has 0 spiro atoms. The molecule has 1 amide bonds. The Morgan fingerprint density at radius 3 is 2.81 bits per heavy atom. The number of carbonyl (C=O) groups is 1. The van der Waals surface area contributed by atoms with E-state index in [4.69, 9.17) is 5.11 Å². The maximum absolute atomic E-state index is 13.2. The van der Waals surface area contributed by atoms with Crippen molar-refractivity contribution in [3.8, 4) is 0 Å². The van der Waals surface area contributed by atoms with Crippen molar-refractivity contribution in [2.24, 2.45) is 0 Å². The van der Waals surface area contributed by atoms with Gasteiger partial charge in [-0.05, 0) is 40.5 Å². The van der Waals surface area contributed by atoms with E-state index in [0.717, 1.165) is 6.07 Å². The number of nitrogens with one attached hydrogen (secondary N) is 1. The van der Waals surface area contributed by atoms with Crippen LogP contribution in [0.4, 0.5) is 4.39 Å². The molecule has 0 aliphatic heterocycles. The minimum Gasteiger partial charge on any atom is -0.394 e. The van der Waals surface area contributed by atoms with Crippen molar-refractivity contribution in [2.75, 3.05) is 6.61 Å². The lowest BCUT2D eigenvalue weighted by Gasteiger charge is -2.13. The summed E-state index contributed by atoms with van der Waals surface area (Å²) in [6, 6.07) is 3.86. The van der Waals surface area contributed by atoms with Gasteiger partial charge in [0.05, 0.1) is 17.1 Å². The minimum absolute atomic E-state index is 0.124. The third-order valence-corrected chi connectivity index (χ3v) is 2.87. The molecule has 2 N–H and O–H groups in total. The van der Waals surface area contributed by atoms with Gasteiger partial charge in [-0.1, -0.05) is 6.92 Å². The fraction of sp³-hybridized carbons (Fsp3) is 0.364. The summed E-state index contributed by atoms with van der Waals surface area (Å²) in [5, 5.41) is 11.5. The first-order valence-electron chi connectivity index (χ1n) is 4.95. The molecule has 0 aliphatic carbocycles. The summed E-state index contributed by atoms with van der Waals surface area (Å²) >= 11 is 3.01. The first-order valence-corrected chi connectivity index (χ1v) is 5.74. The van der Waals surface area contributed by atoms with Crippen LogP contribution in [0.15, 0.2) is 22.7 Å². The number of aliphatic hydroxyl groups is 1. The standard InChI is InChI=1S/C11H13BrFNO2/c1-2-8(6-15)14-11(16)7-3-4-9(12)10(13)5-7/h3-5,8,15H,2,6H2,1H3,(H,14,16)/t8-/m1/s1. The Hall–Kier alpha value is -0.940. The van der Waals surface area contributed by atoms with E-state index in [0.29, 0.717) is 10.9 Å². The Labute approximate surface area is 102 Å². The lowest BCUT2D eigenvalue weighted by Crippen LogP contribution is -2.36. The molecule has 3 nitrogen and oxygen atoms in total. The van der Waals surface area contributed by atoms with Crippen molar-refractivity contribution >= 4 is 21.8 Å². The Balaban J connectivity index is 2.76. The molecule has 0 unspecified atom stereocenters. The van der Waals surface area contributed by atoms with Crippen LogP contribution in [0.3, 0.4) is 0 Å². The van der Waals surface area contributed by atoms with Gasteiger partial charge in [0.2, 0.25) is 0 Å². The molecule has 1 aromatic rings. The van der Waals surface area contributed by atoms with E-state index in [9.17, 15) is 9.18 Å². The molecule has 0 saturated carbocycles. The average Bonchev–Trinajstić information content (AvgIpc) is 2.29. The highest BCUT2D eigenvalue weighted by atomic mass is 79.9. The van der Waals surface area contributed by atoms with E-state index in [1.165, 1.54) is 12.1 Å². The predicted molar refractivity (Wildman–Crippen MR) is 62.7 cm³/mol. The van der Waals surface area contributed by atoms with E-state index in [1.807, 2.05) is 6.92 Å². The van der Waals surface area contributed by atoms with Gasteiger partial charge in [-0.15, -0.1) is 0 Å². The van der Waals surface area contributed by atoms with Gasteiger partial charge in [0.1, 0.15) is 5.82 Å². The summed E-state index contributed by atoms with van der Waals surface area (Å²) in [6.07, 6.45) is 0.626. The lowest BCUT2D eigenvalue weighted by atomic mass is 10.1. The van der Waals surface area contributed by atoms with Gasteiger partial charge < -0.3 is 10.4 Å². The first-order chi connectivity index (χ1) is 7.58. The summed E-state index contributed by atoms with van der Waals surface area (Å²) in [5.74, 6) is -0.864. The average molecular weight is 290 g/mol. The Bertz CT molecular complexity index is 380. The number of rotatable bonds is 4. The first kappa shape index (κ1) is 13.1. The molecule has 1 aromatic carbocycles. The second kappa shape index (κ2) is 5.96. The monoisotopic (exact) mass is 289 g/mol. The SMILES string of the molecule is CC[C@H](CO)NC(=O)c1ccc(Br)c(F)c1. The maximum Gasteiger partial charge on any atom is 0.251 e. The number of aliphatic hydroxyl groups excluding tert-OH is 1. The zero-order chi connectivity index (χ0) is 12.1. The van der Waals surface area contributed by atoms with E-state index < -0.39 is 5.82 Å². The van der Waals surface area contributed by atoms with Crippen LogP contribution in [0.25, 0.3) is 0 Å². The van der Waals surface area contributed by atoms with E-state index in [1.54, 1.807) is 0 Å². The summed E-state index contributed by atoms with van der Waals surface area (Å²) in [7, 11) is 0. The fourth-order valence-electron chi connectivity index (χ4n) is 1.18. The molecule has 0 radical (unpaired) electrons. The van der Waals surface area contributed by atoms with E-state index >= 15 is 0 Å². The van der Waals surface area contributed by atoms with Crippen LogP contribution in [-0.2, 0) is 0 Å². The second-order valence-corrected chi connectivity index (χ2v) is 4.24. The van der Waals surface area contributed by atoms with Crippen LogP contribution < -0.4 is 5.32 Å². The number of hydrogen-bond acceptors (Lipinski definition) is 2. The minimum atomic E-state index is -0.482. The molecule has 1 atom stereocenters. The fourth-order valence-corrected chi connectivity index (χ4v) is 1.43. The Morgan fingerprint density at radius 1 is 1.62 bits per heavy atom. The second-order valence-electron chi connectivity index (χ2n) is 3.39. The number of benzene rings is 1. The highest BCUT2D eigenvalue weighted by molar-refractivity contribution is 9.10. The highest BCUT2D eigenvalue weighted by Gasteiger charge is 2.12. The molecule has 0 fully saturated rings. The number of hydrogen-bond donors (Lipinski definition) is 2. The molecular formula is C11H13BrFNO2. The van der Waals surface area contributed by atoms with Gasteiger partial charge in [0.15, 0.2) is 0 Å². The van der Waals surface area contributed by atoms with Crippen LogP contribution in [0.1, 0.15) is 23.7 Å². The van der Waals surface area contributed by atoms with E-state index in [-0.39, 0.29) is 24.1 Å². The largest absolute Gasteiger partial charge is 0.394 e. The summed E-state index contributed by atoms with van der Waals surface area (Å²) in [6.45, 7) is 1.73. The highest BCUT2D eigenvalue weighted by Crippen LogP contribution is 2.16. The molecule has 0 heterocycles. The van der Waals surface area contributed by atoms with Crippen molar-refractivity contribution in [1.82, 2.24) is 5.32 Å². The van der Waals surface area contributed by atoms with Gasteiger partial charge in [0.25, 0.3) is 5.91 Å². The van der Waals surface area contributed by atoms with E-state index in [2.05, 4.69) is 21.2 Å². The zero-order valence-corrected chi connectivity index (χ0v) is 10.4. The molecular weight excluding hydrogens is 277 g/mol. The van der Waals surface area contributed by atoms with Crippen molar-refractivity contribution in [3.63, 3.8) is 0 Å². The van der Waals surface area contributed by atoms with Crippen molar-refractivity contribution in [3.05, 3.63) is 34.1 Å². The summed E-state index contributed by atoms with van der Waals surface area (Å²) in [4.78, 5) is 11.6. The predicted octanol–water partition coefficient (Wildman–Crippen LogP) is 2.09. The quantitative estimate of drug-likeness (QED) is 0.892. The number of amides is 1. The zero-order valence-electron chi connectivity index (χ0n) is 8.84. The van der Waals surface area contributed by atoms with Gasteiger partial charge in [0, 0.05) is 5.56 Å². The maximum atomic E-state index is 13.2. The van der Waals surface area contributed by atoms with Gasteiger partial charge in [-0.3, -0.25) is 4.79 Å². The van der Waals surface area contributed by atoms with Crippen molar-refractivity contribution < 1.29 is 14.3 Å². The number of carbonyl (C=O) groups excluding carboxylic acids is 1. The van der Waals surface area contributed by atoms with Crippen LogP contribution in [0.2, 0.25) is 0 Å². The van der Waals surface area contributed by atoms with Crippen LogP contribution >= 0.6 is 15.9 Å². The molecule has 16 heavy (non-hydrogen) atoms.